The highest BCUT2D eigenvalue weighted by molar-refractivity contribution is 5.37. The van der Waals surface area contributed by atoms with E-state index in [1.54, 1.807) is 12.1 Å². The van der Waals surface area contributed by atoms with Gasteiger partial charge in [0.25, 0.3) is 0 Å². The third-order valence-corrected chi connectivity index (χ3v) is 6.99. The zero-order valence-corrected chi connectivity index (χ0v) is 16.6. The smallest absolute Gasteiger partial charge is 0.162 e. The second-order valence-electron chi connectivity index (χ2n) is 8.73. The van der Waals surface area contributed by atoms with Crippen LogP contribution < -0.4 is 0 Å². The number of fused-ring (bicyclic) bond motifs is 1. The van der Waals surface area contributed by atoms with Crippen molar-refractivity contribution in [1.29, 1.82) is 0 Å². The molecule has 0 spiro atoms. The molecule has 28 heavy (non-hydrogen) atoms. The van der Waals surface area contributed by atoms with Crippen LogP contribution in [-0.4, -0.2) is 0 Å². The summed E-state index contributed by atoms with van der Waals surface area (Å²) in [5.41, 5.74) is 3.03. The van der Waals surface area contributed by atoms with Gasteiger partial charge in [-0.2, -0.15) is 0 Å². The monoisotopic (exact) mass is 386 g/mol. The molecule has 1 unspecified atom stereocenters. The van der Waals surface area contributed by atoms with Crippen molar-refractivity contribution in [2.45, 2.75) is 76.5 Å². The van der Waals surface area contributed by atoms with Crippen LogP contribution in [0.3, 0.4) is 0 Å². The van der Waals surface area contributed by atoms with Crippen LogP contribution >= 0.6 is 0 Å². The highest BCUT2D eigenvalue weighted by Crippen LogP contribution is 2.40. The third-order valence-electron chi connectivity index (χ3n) is 6.99. The van der Waals surface area contributed by atoms with E-state index in [0.29, 0.717) is 29.9 Å². The molecule has 3 heteroatoms. The fourth-order valence-corrected chi connectivity index (χ4v) is 5.35. The number of hydrogen-bond acceptors (Lipinski definition) is 0. The normalized spacial score (nSPS) is 24.8. The van der Waals surface area contributed by atoms with Crippen molar-refractivity contribution in [2.24, 2.45) is 5.92 Å². The lowest BCUT2D eigenvalue weighted by Gasteiger charge is -2.29. The molecule has 0 nitrogen and oxygen atoms in total. The largest absolute Gasteiger partial charge is 0.207 e. The first kappa shape index (κ1) is 19.5. The Morgan fingerprint density at radius 1 is 0.857 bits per heavy atom. The molecule has 0 aromatic heterocycles. The number of halogens is 3. The molecule has 0 amide bonds. The van der Waals surface area contributed by atoms with Crippen molar-refractivity contribution >= 4 is 0 Å². The standard InChI is InChI=1S/C25H29F3/c1-2-3-16-4-6-17(7-5-16)19-10-12-21(24(27)15-19)20-9-8-18-11-13-23(26)25(28)22(18)14-20/h10-13,15-17,20H,2-9,14H2,1H3. The van der Waals surface area contributed by atoms with Gasteiger partial charge in [-0.1, -0.05) is 38.0 Å². The van der Waals surface area contributed by atoms with Gasteiger partial charge in [0.1, 0.15) is 5.82 Å². The highest BCUT2D eigenvalue weighted by atomic mass is 19.2. The first-order valence-corrected chi connectivity index (χ1v) is 10.8. The molecule has 1 atom stereocenters. The molecule has 0 aliphatic heterocycles. The lowest BCUT2D eigenvalue weighted by molar-refractivity contribution is 0.308. The molecule has 1 saturated carbocycles. The van der Waals surface area contributed by atoms with Crippen LogP contribution in [0.4, 0.5) is 13.2 Å². The Bertz CT molecular complexity index is 834. The molecule has 0 N–H and O–H groups in total. The summed E-state index contributed by atoms with van der Waals surface area (Å²) in [7, 11) is 0. The summed E-state index contributed by atoms with van der Waals surface area (Å²) in [4.78, 5) is 0. The highest BCUT2D eigenvalue weighted by Gasteiger charge is 2.27. The molecule has 2 aromatic carbocycles. The molecule has 2 aliphatic rings. The van der Waals surface area contributed by atoms with Crippen molar-refractivity contribution in [3.8, 4) is 0 Å². The number of benzene rings is 2. The van der Waals surface area contributed by atoms with E-state index in [1.807, 2.05) is 6.07 Å². The van der Waals surface area contributed by atoms with E-state index in [0.717, 1.165) is 36.3 Å². The van der Waals surface area contributed by atoms with E-state index in [9.17, 15) is 13.2 Å². The predicted octanol–water partition coefficient (Wildman–Crippen LogP) is 7.45. The topological polar surface area (TPSA) is 0 Å². The Kier molecular flexibility index (Phi) is 5.80. The maximum Gasteiger partial charge on any atom is 0.162 e. The van der Waals surface area contributed by atoms with Crippen LogP contribution in [-0.2, 0) is 12.8 Å². The van der Waals surface area contributed by atoms with E-state index >= 15 is 0 Å². The summed E-state index contributed by atoms with van der Waals surface area (Å²) >= 11 is 0. The van der Waals surface area contributed by atoms with Crippen LogP contribution in [0.1, 0.15) is 86.0 Å². The zero-order chi connectivity index (χ0) is 19.7. The van der Waals surface area contributed by atoms with Gasteiger partial charge in [0, 0.05) is 0 Å². The molecular weight excluding hydrogens is 357 g/mol. The number of hydrogen-bond donors (Lipinski definition) is 0. The Morgan fingerprint density at radius 2 is 1.64 bits per heavy atom. The maximum absolute atomic E-state index is 15.0. The first-order chi connectivity index (χ1) is 13.6. The van der Waals surface area contributed by atoms with Gasteiger partial charge < -0.3 is 0 Å². The molecule has 0 bridgehead atoms. The summed E-state index contributed by atoms with van der Waals surface area (Å²) in [5.74, 6) is -0.549. The second kappa shape index (κ2) is 8.31. The third kappa shape index (κ3) is 3.86. The van der Waals surface area contributed by atoms with Crippen molar-refractivity contribution < 1.29 is 13.2 Å². The molecule has 150 valence electrons. The summed E-state index contributed by atoms with van der Waals surface area (Å²) in [6.07, 6.45) is 9.13. The van der Waals surface area contributed by atoms with Crippen molar-refractivity contribution in [1.82, 2.24) is 0 Å². The summed E-state index contributed by atoms with van der Waals surface area (Å²) in [5, 5.41) is 0. The minimum Gasteiger partial charge on any atom is -0.207 e. The van der Waals surface area contributed by atoms with Gasteiger partial charge in [0.15, 0.2) is 11.6 Å². The average molecular weight is 387 g/mol. The van der Waals surface area contributed by atoms with Crippen molar-refractivity contribution in [2.75, 3.05) is 0 Å². The Morgan fingerprint density at radius 3 is 2.36 bits per heavy atom. The lowest BCUT2D eigenvalue weighted by Crippen LogP contribution is -2.17. The molecule has 2 aromatic rings. The van der Waals surface area contributed by atoms with Gasteiger partial charge in [-0.25, -0.2) is 13.2 Å². The summed E-state index contributed by atoms with van der Waals surface area (Å²) in [6.45, 7) is 2.24. The van der Waals surface area contributed by atoms with Gasteiger partial charge >= 0.3 is 0 Å². The van der Waals surface area contributed by atoms with Gasteiger partial charge in [0.2, 0.25) is 0 Å². The Hall–Kier alpha value is -1.77. The first-order valence-electron chi connectivity index (χ1n) is 10.8. The Labute approximate surface area is 166 Å². The minimum absolute atomic E-state index is 0.0851. The lowest BCUT2D eigenvalue weighted by atomic mass is 9.76. The molecule has 1 fully saturated rings. The summed E-state index contributed by atoms with van der Waals surface area (Å²) < 4.78 is 42.8. The fourth-order valence-electron chi connectivity index (χ4n) is 5.35. The molecule has 4 rings (SSSR count). The van der Waals surface area contributed by atoms with Crippen LogP contribution in [0.2, 0.25) is 0 Å². The fraction of sp³-hybridized carbons (Fsp3) is 0.520. The van der Waals surface area contributed by atoms with E-state index in [4.69, 9.17) is 0 Å². The van der Waals surface area contributed by atoms with Gasteiger partial charge in [0.05, 0.1) is 0 Å². The van der Waals surface area contributed by atoms with E-state index in [2.05, 4.69) is 13.0 Å². The van der Waals surface area contributed by atoms with Gasteiger partial charge in [-0.3, -0.25) is 0 Å². The SMILES string of the molecule is CCCC1CCC(c2ccc(C3CCc4ccc(F)c(F)c4C3)c(F)c2)CC1. The zero-order valence-electron chi connectivity index (χ0n) is 16.6. The van der Waals surface area contributed by atoms with Crippen LogP contribution in [0.25, 0.3) is 0 Å². The quantitative estimate of drug-likeness (QED) is 0.512. The number of aryl methyl sites for hydroxylation is 1. The molecule has 0 radical (unpaired) electrons. The van der Waals surface area contributed by atoms with E-state index in [1.165, 1.54) is 31.7 Å². The van der Waals surface area contributed by atoms with Crippen LogP contribution in [0.15, 0.2) is 30.3 Å². The number of rotatable bonds is 4. The molecule has 2 aliphatic carbocycles. The van der Waals surface area contributed by atoms with Crippen LogP contribution in [0, 0.1) is 23.4 Å². The van der Waals surface area contributed by atoms with Gasteiger partial charge in [-0.15, -0.1) is 0 Å². The van der Waals surface area contributed by atoms with Crippen molar-refractivity contribution in [3.63, 3.8) is 0 Å². The van der Waals surface area contributed by atoms with E-state index < -0.39 is 11.6 Å². The second-order valence-corrected chi connectivity index (χ2v) is 8.73. The maximum atomic E-state index is 15.0. The summed E-state index contributed by atoms with van der Waals surface area (Å²) in [6, 6.07) is 8.53. The predicted molar refractivity (Wildman–Crippen MR) is 107 cm³/mol. The Balaban J connectivity index is 1.49. The minimum atomic E-state index is -0.811. The van der Waals surface area contributed by atoms with Crippen molar-refractivity contribution in [3.05, 3.63) is 70.0 Å². The van der Waals surface area contributed by atoms with E-state index in [-0.39, 0.29) is 11.7 Å². The molecule has 0 saturated heterocycles. The molecule has 0 heterocycles. The average Bonchev–Trinajstić information content (AvgIpc) is 2.71. The molecular formula is C25H29F3. The van der Waals surface area contributed by atoms with Crippen LogP contribution in [0.5, 0.6) is 0 Å². The van der Waals surface area contributed by atoms with Gasteiger partial charge in [-0.05, 0) is 97.1 Å².